The summed E-state index contributed by atoms with van der Waals surface area (Å²) in [7, 11) is -2.42. The normalized spacial score (nSPS) is 14.4. The van der Waals surface area contributed by atoms with Gasteiger partial charge < -0.3 is 19.7 Å². The quantitative estimate of drug-likeness (QED) is 0.542. The van der Waals surface area contributed by atoms with E-state index in [0.29, 0.717) is 36.0 Å². The largest absolute Gasteiger partial charge is 0.495 e. The number of ether oxygens (including phenoxy) is 2. The number of anilines is 1. The number of nitrogens with zero attached hydrogens (tertiary/aromatic N) is 2. The van der Waals surface area contributed by atoms with Crippen LogP contribution in [0.15, 0.2) is 41.3 Å². The minimum absolute atomic E-state index is 0.00410. The minimum Gasteiger partial charge on any atom is -0.495 e. The van der Waals surface area contributed by atoms with E-state index >= 15 is 0 Å². The molecule has 3 rings (SSSR count). The number of sulfonamides is 1. The Balaban J connectivity index is 1.73. The molecule has 1 aliphatic heterocycles. The third kappa shape index (κ3) is 6.72. The number of aryl methyl sites for hydroxylation is 1. The molecular formula is C24H30ClN3O6S. The first-order valence-electron chi connectivity index (χ1n) is 11.2. The van der Waals surface area contributed by atoms with E-state index in [9.17, 15) is 18.0 Å². The highest BCUT2D eigenvalue weighted by atomic mass is 35.5. The number of methoxy groups -OCH3 is 1. The summed E-state index contributed by atoms with van der Waals surface area (Å²) in [6.07, 6.45) is -0.0626. The summed E-state index contributed by atoms with van der Waals surface area (Å²) in [5.74, 6) is -0.447. The first-order valence-corrected chi connectivity index (χ1v) is 13.1. The Morgan fingerprint density at radius 1 is 1.17 bits per heavy atom. The number of carbonyl (C=O) groups excluding carboxylic acids is 2. The van der Waals surface area contributed by atoms with Gasteiger partial charge in [-0.3, -0.25) is 9.59 Å². The van der Waals surface area contributed by atoms with Crippen LogP contribution in [0.4, 0.5) is 5.69 Å². The molecule has 0 atom stereocenters. The van der Waals surface area contributed by atoms with Crippen LogP contribution in [0.3, 0.4) is 0 Å². The first kappa shape index (κ1) is 26.9. The van der Waals surface area contributed by atoms with Crippen molar-refractivity contribution in [1.82, 2.24) is 9.21 Å². The molecule has 1 heterocycles. The predicted molar refractivity (Wildman–Crippen MR) is 133 cm³/mol. The molecule has 9 nitrogen and oxygen atoms in total. The van der Waals surface area contributed by atoms with Crippen molar-refractivity contribution in [3.8, 4) is 5.75 Å². The Labute approximate surface area is 211 Å². The molecule has 11 heteroatoms. The van der Waals surface area contributed by atoms with Crippen molar-refractivity contribution < 1.29 is 27.5 Å². The topological polar surface area (TPSA) is 105 Å². The molecule has 1 N–H and O–H groups in total. The van der Waals surface area contributed by atoms with Crippen molar-refractivity contribution in [3.05, 3.63) is 52.5 Å². The number of likely N-dealkylation sites (N-methyl/N-ethyl adjacent to an activating group) is 1. The van der Waals surface area contributed by atoms with Crippen LogP contribution >= 0.6 is 11.6 Å². The molecule has 0 spiro atoms. The molecule has 0 aliphatic carbocycles. The van der Waals surface area contributed by atoms with Crippen molar-refractivity contribution in [1.29, 1.82) is 0 Å². The van der Waals surface area contributed by atoms with Crippen molar-refractivity contribution in [2.24, 2.45) is 0 Å². The number of hydrogen-bond donors (Lipinski definition) is 1. The summed E-state index contributed by atoms with van der Waals surface area (Å²) in [4.78, 5) is 27.0. The molecule has 190 valence electrons. The van der Waals surface area contributed by atoms with Crippen molar-refractivity contribution in [2.45, 2.75) is 25.2 Å². The summed E-state index contributed by atoms with van der Waals surface area (Å²) in [6, 6.07) is 9.84. The van der Waals surface area contributed by atoms with Crippen LogP contribution < -0.4 is 10.1 Å². The number of carbonyl (C=O) groups is 2. The summed E-state index contributed by atoms with van der Waals surface area (Å²) in [5.41, 5.74) is 1.94. The van der Waals surface area contributed by atoms with Crippen LogP contribution in [0.1, 0.15) is 18.1 Å². The smallest absolute Gasteiger partial charge is 0.246 e. The highest BCUT2D eigenvalue weighted by Gasteiger charge is 2.30. The van der Waals surface area contributed by atoms with E-state index in [-0.39, 0.29) is 48.5 Å². The Hall–Kier alpha value is -2.66. The second-order valence-electron chi connectivity index (χ2n) is 8.09. The average Bonchev–Trinajstić information content (AvgIpc) is 2.85. The van der Waals surface area contributed by atoms with Gasteiger partial charge >= 0.3 is 0 Å². The lowest BCUT2D eigenvalue weighted by atomic mass is 10.1. The molecule has 0 radical (unpaired) electrons. The number of rotatable bonds is 9. The van der Waals surface area contributed by atoms with Gasteiger partial charge in [-0.1, -0.05) is 23.7 Å². The summed E-state index contributed by atoms with van der Waals surface area (Å²) in [5, 5.41) is 3.28. The summed E-state index contributed by atoms with van der Waals surface area (Å²) in [6.45, 7) is 4.94. The number of hydrogen-bond acceptors (Lipinski definition) is 6. The molecule has 1 aliphatic rings. The van der Waals surface area contributed by atoms with E-state index in [2.05, 4.69) is 5.32 Å². The lowest BCUT2D eigenvalue weighted by Gasteiger charge is -2.27. The maximum absolute atomic E-state index is 13.2. The number of morpholine rings is 1. The zero-order valence-corrected chi connectivity index (χ0v) is 21.6. The van der Waals surface area contributed by atoms with E-state index < -0.39 is 10.0 Å². The Morgan fingerprint density at radius 2 is 1.89 bits per heavy atom. The van der Waals surface area contributed by atoms with Gasteiger partial charge in [-0.15, -0.1) is 0 Å². The first-order chi connectivity index (χ1) is 16.6. The molecule has 1 fully saturated rings. The van der Waals surface area contributed by atoms with Gasteiger partial charge in [0.15, 0.2) is 0 Å². The molecule has 2 amide bonds. The summed E-state index contributed by atoms with van der Waals surface area (Å²) < 4.78 is 38.3. The SMILES string of the molecule is CCN(CC(=O)Nc1cc(Cl)ccc1C)C(=O)Cc1ccc(OC)c(S(=O)(=O)N2CCOCC2)c1. The Bertz CT molecular complexity index is 1180. The van der Waals surface area contributed by atoms with E-state index in [1.165, 1.54) is 22.4 Å². The van der Waals surface area contributed by atoms with E-state index in [1.54, 1.807) is 37.3 Å². The van der Waals surface area contributed by atoms with Gasteiger partial charge in [0.2, 0.25) is 21.8 Å². The van der Waals surface area contributed by atoms with Gasteiger partial charge in [-0.05, 0) is 49.2 Å². The van der Waals surface area contributed by atoms with Crippen LogP contribution in [0.25, 0.3) is 0 Å². The predicted octanol–water partition coefficient (Wildman–Crippen LogP) is 2.71. The zero-order chi connectivity index (χ0) is 25.6. The van der Waals surface area contributed by atoms with Crippen LogP contribution in [-0.2, 0) is 30.8 Å². The standard InChI is InChI=1S/C24H30ClN3O6S/c1-4-27(16-23(29)26-20-15-19(25)7-5-17(20)2)24(30)14-18-6-8-21(33-3)22(13-18)35(31,32)28-9-11-34-12-10-28/h5-8,13,15H,4,9-12,14,16H2,1-3H3,(H,26,29). The number of halogens is 1. The van der Waals surface area contributed by atoms with Crippen LogP contribution in [0, 0.1) is 6.92 Å². The fourth-order valence-electron chi connectivity index (χ4n) is 3.71. The van der Waals surface area contributed by atoms with Crippen molar-refractivity contribution in [3.63, 3.8) is 0 Å². The highest BCUT2D eigenvalue weighted by Crippen LogP contribution is 2.29. The molecule has 0 saturated carbocycles. The molecule has 0 aromatic heterocycles. The molecule has 0 unspecified atom stereocenters. The van der Waals surface area contributed by atoms with Crippen LogP contribution in [0.2, 0.25) is 5.02 Å². The summed E-state index contributed by atoms with van der Waals surface area (Å²) >= 11 is 6.01. The molecule has 0 bridgehead atoms. The highest BCUT2D eigenvalue weighted by molar-refractivity contribution is 7.89. The Morgan fingerprint density at radius 3 is 2.54 bits per heavy atom. The van der Waals surface area contributed by atoms with Gasteiger partial charge in [0.05, 0.1) is 33.3 Å². The number of amides is 2. The fraction of sp³-hybridized carbons (Fsp3) is 0.417. The van der Waals surface area contributed by atoms with Gasteiger partial charge in [0.1, 0.15) is 10.6 Å². The van der Waals surface area contributed by atoms with Gasteiger partial charge in [0, 0.05) is 30.3 Å². The molecule has 35 heavy (non-hydrogen) atoms. The third-order valence-corrected chi connectivity index (χ3v) is 7.87. The molecule has 2 aromatic rings. The third-order valence-electron chi connectivity index (χ3n) is 5.71. The lowest BCUT2D eigenvalue weighted by Crippen LogP contribution is -2.40. The monoisotopic (exact) mass is 523 g/mol. The lowest BCUT2D eigenvalue weighted by molar-refractivity contribution is -0.133. The van der Waals surface area contributed by atoms with Gasteiger partial charge in [-0.2, -0.15) is 4.31 Å². The van der Waals surface area contributed by atoms with E-state index in [0.717, 1.165) is 5.56 Å². The average molecular weight is 524 g/mol. The number of benzene rings is 2. The van der Waals surface area contributed by atoms with E-state index in [4.69, 9.17) is 21.1 Å². The zero-order valence-electron chi connectivity index (χ0n) is 20.0. The van der Waals surface area contributed by atoms with Crippen molar-refractivity contribution in [2.75, 3.05) is 51.8 Å². The minimum atomic E-state index is -3.82. The van der Waals surface area contributed by atoms with Gasteiger partial charge in [-0.25, -0.2) is 8.42 Å². The van der Waals surface area contributed by atoms with Crippen LogP contribution in [0.5, 0.6) is 5.75 Å². The second kappa shape index (κ2) is 11.9. The Kier molecular flexibility index (Phi) is 9.12. The molecular weight excluding hydrogens is 494 g/mol. The van der Waals surface area contributed by atoms with Crippen molar-refractivity contribution >= 4 is 39.1 Å². The number of nitrogens with one attached hydrogen (secondary N) is 1. The van der Waals surface area contributed by atoms with Crippen LogP contribution in [-0.4, -0.2) is 75.9 Å². The second-order valence-corrected chi connectivity index (χ2v) is 10.4. The van der Waals surface area contributed by atoms with Gasteiger partial charge in [0.25, 0.3) is 0 Å². The molecule has 1 saturated heterocycles. The maximum Gasteiger partial charge on any atom is 0.246 e. The maximum atomic E-state index is 13.2. The van der Waals surface area contributed by atoms with E-state index in [1.807, 2.05) is 6.92 Å². The fourth-order valence-corrected chi connectivity index (χ4v) is 5.50. The molecule has 2 aromatic carbocycles.